The van der Waals surface area contributed by atoms with Crippen LogP contribution in [0.1, 0.15) is 22.8 Å². The molecule has 5 rings (SSSR count). The first-order chi connectivity index (χ1) is 17.4. The summed E-state index contributed by atoms with van der Waals surface area (Å²) in [6.07, 6.45) is 2.38. The molecule has 182 valence electrons. The number of aryl methyl sites for hydroxylation is 2. The van der Waals surface area contributed by atoms with Gasteiger partial charge in [-0.2, -0.15) is 5.10 Å². The maximum atomic E-state index is 13.8. The number of amides is 1. The molecule has 36 heavy (non-hydrogen) atoms. The lowest BCUT2D eigenvalue weighted by atomic mass is 10.1. The minimum Gasteiger partial charge on any atom is -0.355 e. The normalized spacial score (nSPS) is 11.2. The molecule has 0 fully saturated rings. The maximum absolute atomic E-state index is 13.8. The van der Waals surface area contributed by atoms with E-state index in [1.807, 2.05) is 25.1 Å². The molecule has 10 heteroatoms. The van der Waals surface area contributed by atoms with E-state index in [9.17, 15) is 14.0 Å². The molecule has 0 saturated heterocycles. The van der Waals surface area contributed by atoms with Crippen molar-refractivity contribution in [2.24, 2.45) is 0 Å². The monoisotopic (exact) mass is 502 g/mol. The standard InChI is InChI=1S/C26H23FN6O2S/c1-16-12-22(31-33(16)20-8-5-6-18(27)13-20)24-17(2)30-26-32(25(24)35)21(15-36-26)14-23(34)29-11-9-19-7-3-4-10-28-19/h3-8,10,12-13,15H,9,11,14H2,1-2H3,(H,29,34). The molecule has 1 amide bonds. The topological polar surface area (TPSA) is 94.2 Å². The fourth-order valence-corrected chi connectivity index (χ4v) is 5.02. The Labute approximate surface area is 210 Å². The van der Waals surface area contributed by atoms with E-state index in [1.165, 1.54) is 27.9 Å². The molecule has 1 aromatic carbocycles. The molecule has 0 spiro atoms. The number of aromatic nitrogens is 5. The van der Waals surface area contributed by atoms with E-state index in [0.29, 0.717) is 46.3 Å². The number of fused-ring (bicyclic) bond motifs is 1. The van der Waals surface area contributed by atoms with E-state index >= 15 is 0 Å². The maximum Gasteiger partial charge on any atom is 0.268 e. The number of rotatable bonds is 7. The molecule has 0 aliphatic rings. The van der Waals surface area contributed by atoms with Crippen molar-refractivity contribution in [2.75, 3.05) is 6.54 Å². The van der Waals surface area contributed by atoms with E-state index in [-0.39, 0.29) is 23.7 Å². The highest BCUT2D eigenvalue weighted by Crippen LogP contribution is 2.23. The number of thiazole rings is 1. The van der Waals surface area contributed by atoms with Gasteiger partial charge < -0.3 is 5.32 Å². The van der Waals surface area contributed by atoms with Crippen LogP contribution < -0.4 is 10.9 Å². The van der Waals surface area contributed by atoms with Crippen LogP contribution in [0.15, 0.2) is 64.9 Å². The molecule has 0 aliphatic carbocycles. The van der Waals surface area contributed by atoms with Crippen LogP contribution in [-0.4, -0.2) is 36.6 Å². The number of hydrogen-bond donors (Lipinski definition) is 1. The van der Waals surface area contributed by atoms with E-state index in [0.717, 1.165) is 11.4 Å². The quantitative estimate of drug-likeness (QED) is 0.367. The highest BCUT2D eigenvalue weighted by molar-refractivity contribution is 7.15. The van der Waals surface area contributed by atoms with Gasteiger partial charge in [-0.05, 0) is 50.2 Å². The number of nitrogens with zero attached hydrogens (tertiary/aromatic N) is 5. The highest BCUT2D eigenvalue weighted by Gasteiger charge is 2.20. The van der Waals surface area contributed by atoms with Crippen molar-refractivity contribution in [3.8, 4) is 16.9 Å². The van der Waals surface area contributed by atoms with Crippen LogP contribution in [0.4, 0.5) is 4.39 Å². The van der Waals surface area contributed by atoms with Crippen molar-refractivity contribution in [3.05, 3.63) is 99.1 Å². The SMILES string of the molecule is Cc1nc2scc(CC(=O)NCCc3ccccn3)n2c(=O)c1-c1cc(C)n(-c2cccc(F)c2)n1. The van der Waals surface area contributed by atoms with Crippen molar-refractivity contribution in [2.45, 2.75) is 26.7 Å². The van der Waals surface area contributed by atoms with Crippen LogP contribution in [-0.2, 0) is 17.6 Å². The lowest BCUT2D eigenvalue weighted by Gasteiger charge is -2.07. The molecule has 0 bridgehead atoms. The fourth-order valence-electron chi connectivity index (χ4n) is 4.09. The zero-order valence-electron chi connectivity index (χ0n) is 19.7. The van der Waals surface area contributed by atoms with Gasteiger partial charge in [0.05, 0.1) is 23.4 Å². The zero-order chi connectivity index (χ0) is 25.2. The van der Waals surface area contributed by atoms with E-state index < -0.39 is 0 Å². The summed E-state index contributed by atoms with van der Waals surface area (Å²) in [6, 6.07) is 13.5. The molecule has 4 aromatic heterocycles. The van der Waals surface area contributed by atoms with Gasteiger partial charge in [-0.3, -0.25) is 19.0 Å². The number of carbonyl (C=O) groups is 1. The Bertz CT molecular complexity index is 1620. The molecule has 0 aliphatic heterocycles. The smallest absolute Gasteiger partial charge is 0.268 e. The Kier molecular flexibility index (Phi) is 6.43. The van der Waals surface area contributed by atoms with Gasteiger partial charge >= 0.3 is 0 Å². The van der Waals surface area contributed by atoms with Crippen molar-refractivity contribution in [1.82, 2.24) is 29.5 Å². The highest BCUT2D eigenvalue weighted by atomic mass is 32.1. The lowest BCUT2D eigenvalue weighted by Crippen LogP contribution is -2.29. The molecule has 0 radical (unpaired) electrons. The number of nitrogens with one attached hydrogen (secondary N) is 1. The molecule has 5 aromatic rings. The predicted octanol–water partition coefficient (Wildman–Crippen LogP) is 3.66. The minimum absolute atomic E-state index is 0.0447. The van der Waals surface area contributed by atoms with E-state index in [1.54, 1.807) is 41.4 Å². The van der Waals surface area contributed by atoms with Gasteiger partial charge in [0.1, 0.15) is 11.5 Å². The van der Waals surface area contributed by atoms with Crippen LogP contribution in [0.25, 0.3) is 21.9 Å². The third-order valence-corrected chi connectivity index (χ3v) is 6.66. The van der Waals surface area contributed by atoms with Crippen LogP contribution >= 0.6 is 11.3 Å². The first-order valence-corrected chi connectivity index (χ1v) is 12.3. The van der Waals surface area contributed by atoms with Gasteiger partial charge in [-0.1, -0.05) is 12.1 Å². The van der Waals surface area contributed by atoms with Crippen LogP contribution in [0, 0.1) is 19.7 Å². The van der Waals surface area contributed by atoms with Crippen molar-refractivity contribution >= 4 is 22.2 Å². The second kappa shape index (κ2) is 9.82. The molecular weight excluding hydrogens is 479 g/mol. The Morgan fingerprint density at radius 2 is 2.00 bits per heavy atom. The largest absolute Gasteiger partial charge is 0.355 e. The minimum atomic E-state index is -0.371. The van der Waals surface area contributed by atoms with Gasteiger partial charge in [0, 0.05) is 41.6 Å². The summed E-state index contributed by atoms with van der Waals surface area (Å²) in [5.74, 6) is -0.560. The third-order valence-electron chi connectivity index (χ3n) is 5.79. The Balaban J connectivity index is 1.42. The van der Waals surface area contributed by atoms with Gasteiger partial charge in [-0.15, -0.1) is 11.3 Å². The Morgan fingerprint density at radius 1 is 1.14 bits per heavy atom. The van der Waals surface area contributed by atoms with Gasteiger partial charge in [0.2, 0.25) is 5.91 Å². The summed E-state index contributed by atoms with van der Waals surface area (Å²) in [5.41, 5.74) is 3.80. The Hall–Kier alpha value is -4.18. The molecule has 8 nitrogen and oxygen atoms in total. The van der Waals surface area contributed by atoms with Gasteiger partial charge in [0.15, 0.2) is 4.96 Å². The molecule has 4 heterocycles. The summed E-state index contributed by atoms with van der Waals surface area (Å²) >= 11 is 1.31. The first kappa shape index (κ1) is 23.6. The summed E-state index contributed by atoms with van der Waals surface area (Å²) in [5, 5.41) is 9.25. The summed E-state index contributed by atoms with van der Waals surface area (Å²) in [6.45, 7) is 4.05. The van der Waals surface area contributed by atoms with Crippen LogP contribution in [0.2, 0.25) is 0 Å². The predicted molar refractivity (Wildman–Crippen MR) is 136 cm³/mol. The summed E-state index contributed by atoms with van der Waals surface area (Å²) < 4.78 is 16.8. The zero-order valence-corrected chi connectivity index (χ0v) is 20.6. The molecular formula is C26H23FN6O2S. The summed E-state index contributed by atoms with van der Waals surface area (Å²) in [7, 11) is 0. The average Bonchev–Trinajstić information content (AvgIpc) is 3.43. The van der Waals surface area contributed by atoms with Crippen molar-refractivity contribution in [3.63, 3.8) is 0 Å². The third kappa shape index (κ3) is 4.67. The fraction of sp³-hybridized carbons (Fsp3) is 0.192. The number of benzene rings is 1. The second-order valence-electron chi connectivity index (χ2n) is 8.38. The number of halogens is 1. The number of carbonyl (C=O) groups excluding carboxylic acids is 1. The number of hydrogen-bond acceptors (Lipinski definition) is 6. The molecule has 0 saturated carbocycles. The van der Waals surface area contributed by atoms with Gasteiger partial charge in [0.25, 0.3) is 5.56 Å². The van der Waals surface area contributed by atoms with Crippen LogP contribution in [0.3, 0.4) is 0 Å². The van der Waals surface area contributed by atoms with Gasteiger partial charge in [-0.25, -0.2) is 14.1 Å². The van der Waals surface area contributed by atoms with Crippen LogP contribution in [0.5, 0.6) is 0 Å². The summed E-state index contributed by atoms with van der Waals surface area (Å²) in [4.78, 5) is 35.6. The van der Waals surface area contributed by atoms with Crippen molar-refractivity contribution in [1.29, 1.82) is 0 Å². The van der Waals surface area contributed by atoms with E-state index in [2.05, 4.69) is 20.4 Å². The van der Waals surface area contributed by atoms with E-state index in [4.69, 9.17) is 0 Å². The first-order valence-electron chi connectivity index (χ1n) is 11.4. The molecule has 0 atom stereocenters. The Morgan fingerprint density at radius 3 is 2.78 bits per heavy atom. The number of pyridine rings is 1. The molecule has 1 N–H and O–H groups in total. The average molecular weight is 503 g/mol. The lowest BCUT2D eigenvalue weighted by molar-refractivity contribution is -0.120. The molecule has 0 unspecified atom stereocenters. The second-order valence-corrected chi connectivity index (χ2v) is 9.22. The van der Waals surface area contributed by atoms with Crippen molar-refractivity contribution < 1.29 is 9.18 Å².